The summed E-state index contributed by atoms with van der Waals surface area (Å²) in [6, 6.07) is 10.7. The van der Waals surface area contributed by atoms with Crippen molar-refractivity contribution in [2.75, 3.05) is 5.73 Å². The molecule has 0 spiro atoms. The lowest BCUT2D eigenvalue weighted by Gasteiger charge is -2.02. The average molecular weight is 237 g/mol. The molecule has 0 aliphatic heterocycles. The summed E-state index contributed by atoms with van der Waals surface area (Å²) in [6.45, 7) is 0. The van der Waals surface area contributed by atoms with Gasteiger partial charge in [0.25, 0.3) is 0 Å². The number of carbonyl (C=O) groups is 1. The molecule has 0 radical (unpaired) electrons. The molecule has 3 N–H and O–H groups in total. The Morgan fingerprint density at radius 1 is 1.11 bits per heavy atom. The highest BCUT2D eigenvalue weighted by atomic mass is 16.1. The van der Waals surface area contributed by atoms with Crippen LogP contribution in [-0.2, 0) is 0 Å². The van der Waals surface area contributed by atoms with E-state index in [-0.39, 0.29) is 5.78 Å². The Bertz CT molecular complexity index is 730. The minimum Gasteiger partial charge on any atom is -0.398 e. The van der Waals surface area contributed by atoms with Crippen LogP contribution >= 0.6 is 0 Å². The molecular formula is C14H11N3O. The summed E-state index contributed by atoms with van der Waals surface area (Å²) in [5.41, 5.74) is 8.13. The molecule has 0 amide bonds. The molecule has 0 fully saturated rings. The monoisotopic (exact) mass is 237 g/mol. The molecule has 3 aromatic rings. The number of nitrogen functional groups attached to an aromatic ring is 1. The molecule has 1 aromatic carbocycles. The molecule has 18 heavy (non-hydrogen) atoms. The minimum absolute atomic E-state index is 0.0904. The lowest BCUT2D eigenvalue weighted by atomic mass is 10.0. The van der Waals surface area contributed by atoms with Gasteiger partial charge in [0.05, 0.1) is 0 Å². The van der Waals surface area contributed by atoms with Gasteiger partial charge in [0.1, 0.15) is 5.65 Å². The number of H-pyrrole nitrogens is 1. The van der Waals surface area contributed by atoms with Crippen LogP contribution in [-0.4, -0.2) is 15.8 Å². The molecule has 0 aliphatic rings. The van der Waals surface area contributed by atoms with Gasteiger partial charge in [0.15, 0.2) is 5.78 Å². The number of anilines is 1. The fraction of sp³-hybridized carbons (Fsp3) is 0. The number of aromatic nitrogens is 2. The third kappa shape index (κ3) is 1.55. The molecule has 0 saturated heterocycles. The summed E-state index contributed by atoms with van der Waals surface area (Å²) in [6.07, 6.45) is 3.36. The molecule has 88 valence electrons. The van der Waals surface area contributed by atoms with Crippen LogP contribution in [0, 0.1) is 0 Å². The molecule has 2 heterocycles. The largest absolute Gasteiger partial charge is 0.398 e. The first-order valence-electron chi connectivity index (χ1n) is 5.58. The van der Waals surface area contributed by atoms with E-state index in [9.17, 15) is 4.79 Å². The fourth-order valence-corrected chi connectivity index (χ4v) is 1.99. The summed E-state index contributed by atoms with van der Waals surface area (Å²) in [5, 5.41) is 0.811. The number of carbonyl (C=O) groups excluding carboxylic acids is 1. The molecule has 2 aromatic heterocycles. The van der Waals surface area contributed by atoms with E-state index in [4.69, 9.17) is 5.73 Å². The number of hydrogen-bond donors (Lipinski definition) is 2. The number of para-hydroxylation sites is 1. The Hall–Kier alpha value is -2.62. The van der Waals surface area contributed by atoms with Crippen molar-refractivity contribution in [2.24, 2.45) is 0 Å². The first-order valence-corrected chi connectivity index (χ1v) is 5.58. The van der Waals surface area contributed by atoms with Crippen LogP contribution in [0.25, 0.3) is 11.0 Å². The number of rotatable bonds is 2. The third-order valence-electron chi connectivity index (χ3n) is 2.90. The Balaban J connectivity index is 2.16. The molecule has 0 bridgehead atoms. The van der Waals surface area contributed by atoms with Gasteiger partial charge < -0.3 is 10.7 Å². The number of benzene rings is 1. The van der Waals surface area contributed by atoms with E-state index in [0.717, 1.165) is 5.39 Å². The average Bonchev–Trinajstić information content (AvgIpc) is 2.82. The summed E-state index contributed by atoms with van der Waals surface area (Å²) in [7, 11) is 0. The zero-order valence-electron chi connectivity index (χ0n) is 9.55. The predicted octanol–water partition coefficient (Wildman–Crippen LogP) is 2.38. The number of nitrogens with two attached hydrogens (primary N) is 1. The van der Waals surface area contributed by atoms with Crippen molar-refractivity contribution < 1.29 is 4.79 Å². The first-order chi connectivity index (χ1) is 8.77. The smallest absolute Gasteiger partial charge is 0.197 e. The van der Waals surface area contributed by atoms with E-state index < -0.39 is 0 Å². The highest BCUT2D eigenvalue weighted by Gasteiger charge is 2.16. The number of aromatic amines is 1. The van der Waals surface area contributed by atoms with Crippen LogP contribution in [0.15, 0.2) is 48.8 Å². The second kappa shape index (κ2) is 4.00. The van der Waals surface area contributed by atoms with E-state index >= 15 is 0 Å². The minimum atomic E-state index is -0.0904. The fourth-order valence-electron chi connectivity index (χ4n) is 1.99. The summed E-state index contributed by atoms with van der Waals surface area (Å²) in [5.74, 6) is -0.0904. The van der Waals surface area contributed by atoms with Gasteiger partial charge in [0, 0.05) is 34.6 Å². The van der Waals surface area contributed by atoms with E-state index in [1.165, 1.54) is 0 Å². The normalized spacial score (nSPS) is 10.7. The Kier molecular flexibility index (Phi) is 2.34. The van der Waals surface area contributed by atoms with Gasteiger partial charge in [-0.15, -0.1) is 0 Å². The SMILES string of the molecule is Nc1ccccc1C(=O)c1c[nH]c2ncccc12. The number of hydrogen-bond acceptors (Lipinski definition) is 3. The van der Waals surface area contributed by atoms with Crippen LogP contribution in [0.2, 0.25) is 0 Å². The van der Waals surface area contributed by atoms with Gasteiger partial charge in [-0.25, -0.2) is 4.98 Å². The molecular weight excluding hydrogens is 226 g/mol. The van der Waals surface area contributed by atoms with E-state index in [1.54, 1.807) is 36.7 Å². The maximum atomic E-state index is 12.4. The molecule has 0 aliphatic carbocycles. The van der Waals surface area contributed by atoms with Crippen LogP contribution in [0.5, 0.6) is 0 Å². The van der Waals surface area contributed by atoms with Crippen LogP contribution < -0.4 is 5.73 Å². The van der Waals surface area contributed by atoms with Crippen molar-refractivity contribution in [3.8, 4) is 0 Å². The second-order valence-electron chi connectivity index (χ2n) is 4.02. The predicted molar refractivity (Wildman–Crippen MR) is 70.4 cm³/mol. The number of nitrogens with zero attached hydrogens (tertiary/aromatic N) is 1. The van der Waals surface area contributed by atoms with Crippen LogP contribution in [0.1, 0.15) is 15.9 Å². The molecule has 4 heteroatoms. The van der Waals surface area contributed by atoms with E-state index in [1.807, 2.05) is 12.1 Å². The molecule has 3 rings (SSSR count). The molecule has 4 nitrogen and oxygen atoms in total. The summed E-state index contributed by atoms with van der Waals surface area (Å²) in [4.78, 5) is 19.6. The summed E-state index contributed by atoms with van der Waals surface area (Å²) < 4.78 is 0. The first kappa shape index (κ1) is 10.5. The Labute approximate surface area is 103 Å². The Morgan fingerprint density at radius 3 is 2.78 bits per heavy atom. The van der Waals surface area contributed by atoms with Gasteiger partial charge in [-0.05, 0) is 24.3 Å². The van der Waals surface area contributed by atoms with Gasteiger partial charge in [-0.3, -0.25) is 4.79 Å². The third-order valence-corrected chi connectivity index (χ3v) is 2.90. The molecule has 0 saturated carbocycles. The van der Waals surface area contributed by atoms with Crippen LogP contribution in [0.3, 0.4) is 0 Å². The maximum Gasteiger partial charge on any atom is 0.197 e. The second-order valence-corrected chi connectivity index (χ2v) is 4.02. The van der Waals surface area contributed by atoms with Crippen molar-refractivity contribution in [1.82, 2.24) is 9.97 Å². The van der Waals surface area contributed by atoms with Gasteiger partial charge in [-0.1, -0.05) is 12.1 Å². The van der Waals surface area contributed by atoms with Crippen molar-refractivity contribution >= 4 is 22.5 Å². The van der Waals surface area contributed by atoms with Gasteiger partial charge in [0.2, 0.25) is 0 Å². The zero-order valence-corrected chi connectivity index (χ0v) is 9.55. The topological polar surface area (TPSA) is 71.8 Å². The summed E-state index contributed by atoms with van der Waals surface area (Å²) >= 11 is 0. The van der Waals surface area contributed by atoms with Crippen LogP contribution in [0.4, 0.5) is 5.69 Å². The maximum absolute atomic E-state index is 12.4. The van der Waals surface area contributed by atoms with Crippen molar-refractivity contribution in [2.45, 2.75) is 0 Å². The molecule has 0 unspecified atom stereocenters. The van der Waals surface area contributed by atoms with E-state index in [2.05, 4.69) is 9.97 Å². The van der Waals surface area contributed by atoms with Crippen molar-refractivity contribution in [3.05, 3.63) is 59.9 Å². The quantitative estimate of drug-likeness (QED) is 0.531. The molecule has 0 atom stereocenters. The number of ketones is 1. The van der Waals surface area contributed by atoms with Crippen molar-refractivity contribution in [1.29, 1.82) is 0 Å². The number of pyridine rings is 1. The van der Waals surface area contributed by atoms with Gasteiger partial charge >= 0.3 is 0 Å². The standard InChI is InChI=1S/C14H11N3O/c15-12-6-2-1-4-10(12)13(18)11-8-17-14-9(11)5-3-7-16-14/h1-8H,15H2,(H,16,17). The van der Waals surface area contributed by atoms with Crippen molar-refractivity contribution in [3.63, 3.8) is 0 Å². The lowest BCUT2D eigenvalue weighted by molar-refractivity contribution is 0.104. The number of fused-ring (bicyclic) bond motifs is 1. The highest BCUT2D eigenvalue weighted by Crippen LogP contribution is 2.22. The Morgan fingerprint density at radius 2 is 1.94 bits per heavy atom. The van der Waals surface area contributed by atoms with Gasteiger partial charge in [-0.2, -0.15) is 0 Å². The zero-order chi connectivity index (χ0) is 12.5. The lowest BCUT2D eigenvalue weighted by Crippen LogP contribution is -2.04. The number of nitrogens with one attached hydrogen (secondary N) is 1. The van der Waals surface area contributed by atoms with E-state index in [0.29, 0.717) is 22.5 Å². The highest BCUT2D eigenvalue weighted by molar-refractivity contribution is 6.18.